The Morgan fingerprint density at radius 2 is 2.12 bits per heavy atom. The minimum absolute atomic E-state index is 0.309. The van der Waals surface area contributed by atoms with Gasteiger partial charge in [-0.25, -0.2) is 14.4 Å². The molecule has 0 aliphatic rings. The Hall–Kier alpha value is -1.23. The summed E-state index contributed by atoms with van der Waals surface area (Å²) in [5, 5.41) is 3.00. The normalized spacial score (nSPS) is 10.5. The first-order chi connectivity index (χ1) is 8.29. The van der Waals surface area contributed by atoms with Crippen LogP contribution in [0.2, 0.25) is 0 Å². The van der Waals surface area contributed by atoms with E-state index in [0.717, 1.165) is 32.4 Å². The van der Waals surface area contributed by atoms with Gasteiger partial charge < -0.3 is 10.1 Å². The predicted octanol–water partition coefficient (Wildman–Crippen LogP) is 2.41. The SMILES string of the molecule is CCc1ncnc(NCCCCCOC)c1F. The third-order valence-corrected chi connectivity index (χ3v) is 2.51. The molecule has 0 aliphatic carbocycles. The van der Waals surface area contributed by atoms with Crippen LogP contribution >= 0.6 is 0 Å². The van der Waals surface area contributed by atoms with E-state index in [1.165, 1.54) is 6.33 Å². The van der Waals surface area contributed by atoms with Crippen LogP contribution in [0.3, 0.4) is 0 Å². The van der Waals surface area contributed by atoms with E-state index >= 15 is 0 Å². The molecule has 0 bridgehead atoms. The Morgan fingerprint density at radius 1 is 1.29 bits per heavy atom. The summed E-state index contributed by atoms with van der Waals surface area (Å²) in [6.45, 7) is 3.38. The van der Waals surface area contributed by atoms with Gasteiger partial charge in [-0.2, -0.15) is 0 Å². The first-order valence-electron chi connectivity index (χ1n) is 6.01. The Labute approximate surface area is 102 Å². The van der Waals surface area contributed by atoms with Crippen LogP contribution in [0.15, 0.2) is 6.33 Å². The maximum absolute atomic E-state index is 13.7. The molecule has 0 saturated heterocycles. The highest BCUT2D eigenvalue weighted by molar-refractivity contribution is 5.36. The van der Waals surface area contributed by atoms with Crippen molar-refractivity contribution in [2.45, 2.75) is 32.6 Å². The molecule has 0 spiro atoms. The Kier molecular flexibility index (Phi) is 6.47. The summed E-state index contributed by atoms with van der Waals surface area (Å²) in [7, 11) is 1.70. The number of halogens is 1. The van der Waals surface area contributed by atoms with E-state index < -0.39 is 0 Å². The molecule has 1 heterocycles. The van der Waals surface area contributed by atoms with Crippen molar-refractivity contribution in [1.29, 1.82) is 0 Å². The smallest absolute Gasteiger partial charge is 0.186 e. The zero-order valence-corrected chi connectivity index (χ0v) is 10.5. The molecule has 0 aromatic carbocycles. The van der Waals surface area contributed by atoms with E-state index in [-0.39, 0.29) is 5.82 Å². The fourth-order valence-electron chi connectivity index (χ4n) is 1.53. The molecule has 1 aromatic rings. The third kappa shape index (κ3) is 4.65. The number of nitrogens with one attached hydrogen (secondary N) is 1. The van der Waals surface area contributed by atoms with Crippen LogP contribution < -0.4 is 5.32 Å². The topological polar surface area (TPSA) is 47.0 Å². The van der Waals surface area contributed by atoms with Gasteiger partial charge >= 0.3 is 0 Å². The van der Waals surface area contributed by atoms with Crippen molar-refractivity contribution < 1.29 is 9.13 Å². The number of aryl methyl sites for hydroxylation is 1. The van der Waals surface area contributed by atoms with E-state index in [4.69, 9.17) is 4.74 Å². The van der Waals surface area contributed by atoms with Gasteiger partial charge in [-0.05, 0) is 25.7 Å². The van der Waals surface area contributed by atoms with Crippen molar-refractivity contribution in [3.63, 3.8) is 0 Å². The van der Waals surface area contributed by atoms with Gasteiger partial charge in [0.25, 0.3) is 0 Å². The van der Waals surface area contributed by atoms with Crippen LogP contribution in [-0.4, -0.2) is 30.2 Å². The fourth-order valence-corrected chi connectivity index (χ4v) is 1.53. The number of aromatic nitrogens is 2. The molecule has 1 rings (SSSR count). The standard InChI is InChI=1S/C12H20FN3O/c1-3-10-11(13)12(16-9-15-10)14-7-5-4-6-8-17-2/h9H,3-8H2,1-2H3,(H,14,15,16). The summed E-state index contributed by atoms with van der Waals surface area (Å²) in [6.07, 6.45) is 5.05. The van der Waals surface area contributed by atoms with E-state index in [9.17, 15) is 4.39 Å². The molecular weight excluding hydrogens is 221 g/mol. The van der Waals surface area contributed by atoms with Gasteiger partial charge in [-0.15, -0.1) is 0 Å². The first-order valence-corrected chi connectivity index (χ1v) is 6.01. The highest BCUT2D eigenvalue weighted by atomic mass is 19.1. The molecule has 1 aromatic heterocycles. The largest absolute Gasteiger partial charge is 0.385 e. The third-order valence-electron chi connectivity index (χ3n) is 2.51. The molecule has 0 saturated carbocycles. The summed E-state index contributed by atoms with van der Waals surface area (Å²) in [5.74, 6) is -0.0181. The molecule has 4 nitrogen and oxygen atoms in total. The fraction of sp³-hybridized carbons (Fsp3) is 0.667. The van der Waals surface area contributed by atoms with E-state index in [1.807, 2.05) is 6.92 Å². The number of anilines is 1. The van der Waals surface area contributed by atoms with Crippen molar-refractivity contribution in [2.75, 3.05) is 25.6 Å². The van der Waals surface area contributed by atoms with Crippen LogP contribution in [0.1, 0.15) is 31.9 Å². The highest BCUT2D eigenvalue weighted by Gasteiger charge is 2.08. The molecular formula is C12H20FN3O. The van der Waals surface area contributed by atoms with E-state index in [2.05, 4.69) is 15.3 Å². The lowest BCUT2D eigenvalue weighted by Crippen LogP contribution is -2.08. The van der Waals surface area contributed by atoms with Gasteiger partial charge in [-0.3, -0.25) is 0 Å². The Bertz CT molecular complexity index is 334. The Morgan fingerprint density at radius 3 is 2.82 bits per heavy atom. The molecule has 17 heavy (non-hydrogen) atoms. The molecule has 5 heteroatoms. The predicted molar refractivity (Wildman–Crippen MR) is 65.6 cm³/mol. The van der Waals surface area contributed by atoms with Gasteiger partial charge in [0.05, 0.1) is 5.69 Å². The minimum Gasteiger partial charge on any atom is -0.385 e. The van der Waals surface area contributed by atoms with Crippen LogP contribution in [0.5, 0.6) is 0 Å². The quantitative estimate of drug-likeness (QED) is 0.710. The molecule has 0 aliphatic heterocycles. The second-order valence-corrected chi connectivity index (χ2v) is 3.82. The average Bonchev–Trinajstić information content (AvgIpc) is 2.35. The maximum atomic E-state index is 13.7. The minimum atomic E-state index is -0.327. The van der Waals surface area contributed by atoms with Gasteiger partial charge in [0.1, 0.15) is 6.33 Å². The summed E-state index contributed by atoms with van der Waals surface area (Å²) < 4.78 is 18.7. The summed E-state index contributed by atoms with van der Waals surface area (Å²) >= 11 is 0. The first kappa shape index (κ1) is 13.8. The van der Waals surface area contributed by atoms with Gasteiger partial charge in [0.15, 0.2) is 11.6 Å². The average molecular weight is 241 g/mol. The summed E-state index contributed by atoms with van der Waals surface area (Å²) in [4.78, 5) is 7.78. The Balaban J connectivity index is 2.31. The number of unbranched alkanes of at least 4 members (excludes halogenated alkanes) is 2. The number of hydrogen-bond donors (Lipinski definition) is 1. The zero-order valence-electron chi connectivity index (χ0n) is 10.5. The second-order valence-electron chi connectivity index (χ2n) is 3.82. The molecule has 96 valence electrons. The number of methoxy groups -OCH3 is 1. The highest BCUT2D eigenvalue weighted by Crippen LogP contribution is 2.13. The van der Waals surface area contributed by atoms with Crippen molar-refractivity contribution in [2.24, 2.45) is 0 Å². The van der Waals surface area contributed by atoms with E-state index in [1.54, 1.807) is 7.11 Å². The number of ether oxygens (including phenoxy) is 1. The lowest BCUT2D eigenvalue weighted by Gasteiger charge is -2.07. The van der Waals surface area contributed by atoms with Gasteiger partial charge in [-0.1, -0.05) is 6.92 Å². The second kappa shape index (κ2) is 7.95. The number of nitrogens with zero attached hydrogens (tertiary/aromatic N) is 2. The lowest BCUT2D eigenvalue weighted by molar-refractivity contribution is 0.192. The van der Waals surface area contributed by atoms with Gasteiger partial charge in [0, 0.05) is 20.3 Å². The van der Waals surface area contributed by atoms with Crippen LogP contribution in [0.4, 0.5) is 10.2 Å². The maximum Gasteiger partial charge on any atom is 0.186 e. The molecule has 0 amide bonds. The lowest BCUT2D eigenvalue weighted by atomic mass is 10.2. The van der Waals surface area contributed by atoms with Gasteiger partial charge in [0.2, 0.25) is 0 Å². The molecule has 0 radical (unpaired) electrons. The number of rotatable bonds is 8. The van der Waals surface area contributed by atoms with Crippen molar-refractivity contribution in [1.82, 2.24) is 9.97 Å². The van der Waals surface area contributed by atoms with Crippen LogP contribution in [0.25, 0.3) is 0 Å². The van der Waals surface area contributed by atoms with Crippen LogP contribution in [0, 0.1) is 5.82 Å². The monoisotopic (exact) mass is 241 g/mol. The van der Waals surface area contributed by atoms with E-state index in [0.29, 0.717) is 17.9 Å². The van der Waals surface area contributed by atoms with Crippen LogP contribution in [-0.2, 0) is 11.2 Å². The van der Waals surface area contributed by atoms with Crippen molar-refractivity contribution in [3.05, 3.63) is 17.8 Å². The summed E-state index contributed by atoms with van der Waals surface area (Å²) in [5.41, 5.74) is 0.460. The molecule has 0 unspecified atom stereocenters. The van der Waals surface area contributed by atoms with Crippen molar-refractivity contribution in [3.8, 4) is 0 Å². The molecule has 1 N–H and O–H groups in total. The number of hydrogen-bond acceptors (Lipinski definition) is 4. The molecule has 0 fully saturated rings. The molecule has 0 atom stereocenters. The zero-order chi connectivity index (χ0) is 12.5. The summed E-state index contributed by atoms with van der Waals surface area (Å²) in [6, 6.07) is 0. The van der Waals surface area contributed by atoms with Crippen molar-refractivity contribution >= 4 is 5.82 Å².